The first-order chi connectivity index (χ1) is 9.81. The first-order valence-electron chi connectivity index (χ1n) is 6.29. The molecule has 5 heteroatoms. The molecule has 0 aliphatic carbocycles. The smallest absolute Gasteiger partial charge is 0.151 e. The zero-order valence-electron chi connectivity index (χ0n) is 10.7. The van der Waals surface area contributed by atoms with Gasteiger partial charge in [0.05, 0.1) is 10.2 Å². The fourth-order valence-electron chi connectivity index (χ4n) is 1.81. The quantitative estimate of drug-likeness (QED) is 0.493. The molecule has 0 saturated carbocycles. The highest BCUT2D eigenvalue weighted by molar-refractivity contribution is 9.10. The Balaban J connectivity index is 1.51. The van der Waals surface area contributed by atoms with Crippen LogP contribution in [0.15, 0.2) is 57.3 Å². The number of thioether (sulfide) groups is 1. The van der Waals surface area contributed by atoms with Gasteiger partial charge in [0, 0.05) is 22.5 Å². The van der Waals surface area contributed by atoms with E-state index in [-0.39, 0.29) is 0 Å². The number of hydrogen-bond donors (Lipinski definition) is 1. The molecule has 0 atom stereocenters. The van der Waals surface area contributed by atoms with Crippen molar-refractivity contribution < 1.29 is 0 Å². The van der Waals surface area contributed by atoms with Crippen molar-refractivity contribution in [2.24, 2.45) is 0 Å². The molecule has 1 heterocycles. The Morgan fingerprint density at radius 1 is 1.10 bits per heavy atom. The summed E-state index contributed by atoms with van der Waals surface area (Å²) < 4.78 is 3.51. The van der Waals surface area contributed by atoms with Crippen LogP contribution in [-0.2, 0) is 0 Å². The van der Waals surface area contributed by atoms with Gasteiger partial charge in [0.1, 0.15) is 0 Å². The van der Waals surface area contributed by atoms with Crippen LogP contribution in [0.1, 0.15) is 0 Å². The lowest BCUT2D eigenvalue weighted by molar-refractivity contribution is 1.21. The van der Waals surface area contributed by atoms with E-state index >= 15 is 0 Å². The molecule has 0 bridgehead atoms. The summed E-state index contributed by atoms with van der Waals surface area (Å²) in [5, 5.41) is 3.41. The molecular weight excluding hydrogens is 352 g/mol. The lowest BCUT2D eigenvalue weighted by Gasteiger charge is -2.04. The predicted molar refractivity (Wildman–Crippen MR) is 93.0 cm³/mol. The van der Waals surface area contributed by atoms with E-state index in [1.54, 1.807) is 23.1 Å². The molecule has 0 spiro atoms. The number of benzene rings is 2. The van der Waals surface area contributed by atoms with Crippen LogP contribution in [0.2, 0.25) is 0 Å². The van der Waals surface area contributed by atoms with Crippen LogP contribution in [0, 0.1) is 0 Å². The van der Waals surface area contributed by atoms with Gasteiger partial charge in [0.2, 0.25) is 0 Å². The zero-order valence-corrected chi connectivity index (χ0v) is 13.9. The standard InChI is InChI=1S/C15H13BrN2S2/c16-11-5-7-12(8-6-11)17-9-10-19-15-18-13-3-1-2-4-14(13)20-15/h1-8,17H,9-10H2. The summed E-state index contributed by atoms with van der Waals surface area (Å²) in [7, 11) is 0. The minimum atomic E-state index is 0.933. The number of anilines is 1. The van der Waals surface area contributed by atoms with Crippen molar-refractivity contribution >= 4 is 54.9 Å². The number of fused-ring (bicyclic) bond motifs is 1. The largest absolute Gasteiger partial charge is 0.384 e. The van der Waals surface area contributed by atoms with E-state index in [1.807, 2.05) is 18.2 Å². The summed E-state index contributed by atoms with van der Waals surface area (Å²) in [6.07, 6.45) is 0. The molecule has 0 saturated heterocycles. The number of halogens is 1. The van der Waals surface area contributed by atoms with Crippen LogP contribution in [-0.4, -0.2) is 17.3 Å². The Morgan fingerprint density at radius 2 is 1.90 bits per heavy atom. The Labute approximate surface area is 134 Å². The molecule has 3 aromatic rings. The molecule has 102 valence electrons. The van der Waals surface area contributed by atoms with Crippen molar-refractivity contribution in [2.75, 3.05) is 17.6 Å². The number of nitrogens with one attached hydrogen (secondary N) is 1. The van der Waals surface area contributed by atoms with Crippen molar-refractivity contribution in [2.45, 2.75) is 4.34 Å². The zero-order chi connectivity index (χ0) is 13.8. The SMILES string of the molecule is Brc1ccc(NCCSc2nc3ccccc3s2)cc1. The molecule has 2 nitrogen and oxygen atoms in total. The van der Waals surface area contributed by atoms with E-state index in [2.05, 4.69) is 56.6 Å². The van der Waals surface area contributed by atoms with E-state index in [0.29, 0.717) is 0 Å². The van der Waals surface area contributed by atoms with Crippen molar-refractivity contribution in [1.82, 2.24) is 4.98 Å². The Morgan fingerprint density at radius 3 is 2.70 bits per heavy atom. The summed E-state index contributed by atoms with van der Waals surface area (Å²) in [4.78, 5) is 4.62. The first kappa shape index (κ1) is 13.9. The van der Waals surface area contributed by atoms with Gasteiger partial charge in [-0.05, 0) is 36.4 Å². The van der Waals surface area contributed by atoms with E-state index in [4.69, 9.17) is 0 Å². The summed E-state index contributed by atoms with van der Waals surface area (Å²) in [6, 6.07) is 16.5. The summed E-state index contributed by atoms with van der Waals surface area (Å²) in [5.41, 5.74) is 2.25. The van der Waals surface area contributed by atoms with Crippen LogP contribution in [0.5, 0.6) is 0 Å². The van der Waals surface area contributed by atoms with E-state index in [9.17, 15) is 0 Å². The minimum Gasteiger partial charge on any atom is -0.384 e. The molecule has 0 amide bonds. The lowest BCUT2D eigenvalue weighted by atomic mass is 10.3. The monoisotopic (exact) mass is 364 g/mol. The maximum Gasteiger partial charge on any atom is 0.151 e. The van der Waals surface area contributed by atoms with Crippen molar-refractivity contribution in [3.05, 3.63) is 53.0 Å². The third-order valence-electron chi connectivity index (χ3n) is 2.78. The van der Waals surface area contributed by atoms with E-state index in [0.717, 1.165) is 32.3 Å². The summed E-state index contributed by atoms with van der Waals surface area (Å²) in [6.45, 7) is 0.933. The normalized spacial score (nSPS) is 10.8. The molecule has 0 radical (unpaired) electrons. The van der Waals surface area contributed by atoms with Gasteiger partial charge in [0.25, 0.3) is 0 Å². The highest BCUT2D eigenvalue weighted by atomic mass is 79.9. The Kier molecular flexibility index (Phi) is 4.60. The van der Waals surface area contributed by atoms with Crippen LogP contribution >= 0.6 is 39.0 Å². The molecule has 0 unspecified atom stereocenters. The third-order valence-corrected chi connectivity index (χ3v) is 5.48. The van der Waals surface area contributed by atoms with E-state index < -0.39 is 0 Å². The maximum absolute atomic E-state index is 4.62. The number of nitrogens with zero attached hydrogens (tertiary/aromatic N) is 1. The second-order valence-corrected chi connectivity index (χ2v) is 7.52. The van der Waals surface area contributed by atoms with Crippen LogP contribution < -0.4 is 5.32 Å². The fraction of sp³-hybridized carbons (Fsp3) is 0.133. The van der Waals surface area contributed by atoms with Gasteiger partial charge >= 0.3 is 0 Å². The Bertz CT molecular complexity index is 661. The molecule has 1 N–H and O–H groups in total. The molecule has 1 aromatic heterocycles. The topological polar surface area (TPSA) is 24.9 Å². The average molecular weight is 365 g/mol. The molecular formula is C15H13BrN2S2. The van der Waals surface area contributed by atoms with Gasteiger partial charge in [-0.2, -0.15) is 0 Å². The minimum absolute atomic E-state index is 0.933. The van der Waals surface area contributed by atoms with E-state index in [1.165, 1.54) is 4.70 Å². The highest BCUT2D eigenvalue weighted by Gasteiger charge is 2.03. The van der Waals surface area contributed by atoms with Crippen molar-refractivity contribution in [1.29, 1.82) is 0 Å². The summed E-state index contributed by atoms with van der Waals surface area (Å²) >= 11 is 7.00. The second kappa shape index (κ2) is 6.61. The molecule has 3 rings (SSSR count). The van der Waals surface area contributed by atoms with Crippen LogP contribution in [0.3, 0.4) is 0 Å². The molecule has 0 aliphatic heterocycles. The number of hydrogen-bond acceptors (Lipinski definition) is 4. The first-order valence-corrected chi connectivity index (χ1v) is 8.88. The lowest BCUT2D eigenvalue weighted by Crippen LogP contribution is -2.03. The number of rotatable bonds is 5. The number of thiazole rings is 1. The summed E-state index contributed by atoms with van der Waals surface area (Å²) in [5.74, 6) is 1.01. The maximum atomic E-state index is 4.62. The molecule has 2 aromatic carbocycles. The van der Waals surface area contributed by atoms with Crippen LogP contribution in [0.4, 0.5) is 5.69 Å². The molecule has 0 aliphatic rings. The van der Waals surface area contributed by atoms with Gasteiger partial charge in [-0.3, -0.25) is 0 Å². The Hall–Kier alpha value is -1.04. The fourth-order valence-corrected chi connectivity index (χ4v) is 4.07. The number of para-hydroxylation sites is 1. The van der Waals surface area contributed by atoms with Crippen LogP contribution in [0.25, 0.3) is 10.2 Å². The van der Waals surface area contributed by atoms with Gasteiger partial charge < -0.3 is 5.32 Å². The van der Waals surface area contributed by atoms with Gasteiger partial charge in [-0.15, -0.1) is 11.3 Å². The van der Waals surface area contributed by atoms with Gasteiger partial charge in [0.15, 0.2) is 4.34 Å². The highest BCUT2D eigenvalue weighted by Crippen LogP contribution is 2.29. The number of aromatic nitrogens is 1. The van der Waals surface area contributed by atoms with Gasteiger partial charge in [-0.1, -0.05) is 39.8 Å². The van der Waals surface area contributed by atoms with Crippen molar-refractivity contribution in [3.63, 3.8) is 0 Å². The van der Waals surface area contributed by atoms with Crippen molar-refractivity contribution in [3.8, 4) is 0 Å². The average Bonchev–Trinajstić information content (AvgIpc) is 2.88. The third kappa shape index (κ3) is 3.53. The second-order valence-electron chi connectivity index (χ2n) is 4.23. The molecule has 20 heavy (non-hydrogen) atoms. The predicted octanol–water partition coefficient (Wildman–Crippen LogP) is 5.26. The van der Waals surface area contributed by atoms with Gasteiger partial charge in [-0.25, -0.2) is 4.98 Å². The molecule has 0 fully saturated rings.